The third kappa shape index (κ3) is 6.85. The summed E-state index contributed by atoms with van der Waals surface area (Å²) in [5, 5.41) is 6.23. The quantitative estimate of drug-likeness (QED) is 0.394. The Morgan fingerprint density at radius 1 is 1.18 bits per heavy atom. The van der Waals surface area contributed by atoms with Gasteiger partial charge >= 0.3 is 6.61 Å². The van der Waals surface area contributed by atoms with Gasteiger partial charge in [-0.15, -0.1) is 0 Å². The van der Waals surface area contributed by atoms with Crippen molar-refractivity contribution >= 4 is 27.8 Å². The van der Waals surface area contributed by atoms with Crippen LogP contribution >= 0.6 is 0 Å². The number of benzene rings is 2. The Morgan fingerprint density at radius 3 is 2.53 bits per heavy atom. The molecule has 0 radical (unpaired) electrons. The lowest BCUT2D eigenvalue weighted by molar-refractivity contribution is -0.120. The van der Waals surface area contributed by atoms with Crippen LogP contribution in [0.25, 0.3) is 0 Å². The number of amides is 1. The third-order valence-electron chi connectivity index (χ3n) is 4.62. The fourth-order valence-corrected chi connectivity index (χ4v) is 4.40. The van der Waals surface area contributed by atoms with Gasteiger partial charge in [0.15, 0.2) is 18.1 Å². The molecule has 2 aromatic carbocycles. The highest BCUT2D eigenvalue weighted by molar-refractivity contribution is 7.89. The zero-order valence-corrected chi connectivity index (χ0v) is 19.0. The highest BCUT2D eigenvalue weighted by atomic mass is 32.2. The van der Waals surface area contributed by atoms with E-state index in [9.17, 15) is 22.0 Å². The Balaban J connectivity index is 1.50. The van der Waals surface area contributed by atoms with Gasteiger partial charge in [-0.3, -0.25) is 4.79 Å². The minimum absolute atomic E-state index is 0.0843. The molecule has 0 atom stereocenters. The van der Waals surface area contributed by atoms with Crippen LogP contribution in [-0.4, -0.2) is 71.5 Å². The number of nitrogens with one attached hydrogen (secondary N) is 1. The Hall–Kier alpha value is -3.29. The molecule has 3 rings (SSSR count). The van der Waals surface area contributed by atoms with Crippen molar-refractivity contribution in [1.82, 2.24) is 4.31 Å². The van der Waals surface area contributed by atoms with Crippen molar-refractivity contribution in [2.45, 2.75) is 11.5 Å². The first-order valence-electron chi connectivity index (χ1n) is 10.1. The first-order valence-corrected chi connectivity index (χ1v) is 11.5. The summed E-state index contributed by atoms with van der Waals surface area (Å²) in [6.07, 6.45) is 1.27. The molecule has 184 valence electrons. The lowest BCUT2D eigenvalue weighted by Crippen LogP contribution is -2.40. The van der Waals surface area contributed by atoms with Gasteiger partial charge in [-0.25, -0.2) is 8.42 Å². The van der Waals surface area contributed by atoms with Crippen LogP contribution in [0.4, 0.5) is 14.5 Å². The lowest BCUT2D eigenvalue weighted by Gasteiger charge is -2.26. The van der Waals surface area contributed by atoms with E-state index in [1.807, 2.05) is 0 Å². The second kappa shape index (κ2) is 11.7. The second-order valence-corrected chi connectivity index (χ2v) is 8.82. The predicted octanol–water partition coefficient (Wildman–Crippen LogP) is 2.31. The number of halogens is 2. The minimum Gasteiger partial charge on any atom is -0.493 e. The number of carbonyl (C=O) groups is 1. The van der Waals surface area contributed by atoms with E-state index < -0.39 is 29.1 Å². The van der Waals surface area contributed by atoms with Crippen molar-refractivity contribution in [2.75, 3.05) is 45.3 Å². The van der Waals surface area contributed by atoms with Crippen LogP contribution in [0.5, 0.6) is 11.5 Å². The van der Waals surface area contributed by atoms with E-state index in [2.05, 4.69) is 15.2 Å². The number of sulfonamides is 1. The van der Waals surface area contributed by atoms with Crippen LogP contribution in [0.15, 0.2) is 52.5 Å². The molecule has 0 spiro atoms. The largest absolute Gasteiger partial charge is 0.493 e. The van der Waals surface area contributed by atoms with Gasteiger partial charge in [-0.2, -0.15) is 13.1 Å². The van der Waals surface area contributed by atoms with Crippen molar-refractivity contribution in [1.29, 1.82) is 0 Å². The number of anilines is 1. The molecule has 0 aromatic heterocycles. The molecule has 1 N–H and O–H groups in total. The number of oxime groups is 1. The number of ether oxygens (including phenoxy) is 3. The monoisotopic (exact) mass is 499 g/mol. The molecule has 34 heavy (non-hydrogen) atoms. The molecule has 2 aromatic rings. The van der Waals surface area contributed by atoms with Crippen LogP contribution in [0.2, 0.25) is 0 Å². The Kier molecular flexibility index (Phi) is 8.73. The van der Waals surface area contributed by atoms with E-state index in [0.29, 0.717) is 37.6 Å². The number of alkyl halides is 2. The Labute approximate surface area is 195 Å². The highest BCUT2D eigenvalue weighted by Gasteiger charge is 2.26. The second-order valence-electron chi connectivity index (χ2n) is 6.89. The molecule has 1 saturated heterocycles. The van der Waals surface area contributed by atoms with E-state index in [1.54, 1.807) is 0 Å². The highest BCUT2D eigenvalue weighted by Crippen LogP contribution is 2.29. The summed E-state index contributed by atoms with van der Waals surface area (Å²) in [5.41, 5.74) is 0.855. The molecular weight excluding hydrogens is 476 g/mol. The SMILES string of the molecule is COc1cc(/C=N/OCC(=O)Nc2ccc(S(=O)(=O)N3CCOCC3)cc2)ccc1OC(F)F. The third-order valence-corrected chi connectivity index (χ3v) is 6.53. The topological polar surface area (TPSA) is 116 Å². The maximum atomic E-state index is 12.6. The number of methoxy groups -OCH3 is 1. The van der Waals surface area contributed by atoms with Gasteiger partial charge in [0.1, 0.15) is 0 Å². The minimum atomic E-state index is -3.62. The van der Waals surface area contributed by atoms with Gasteiger partial charge in [0.2, 0.25) is 10.0 Å². The van der Waals surface area contributed by atoms with Crippen molar-refractivity contribution in [3.63, 3.8) is 0 Å². The summed E-state index contributed by atoms with van der Waals surface area (Å²) < 4.78 is 65.8. The molecule has 1 heterocycles. The molecule has 10 nitrogen and oxygen atoms in total. The van der Waals surface area contributed by atoms with Crippen molar-refractivity contribution in [2.24, 2.45) is 5.16 Å². The normalized spacial score (nSPS) is 14.8. The number of rotatable bonds is 10. The molecule has 0 unspecified atom stereocenters. The molecule has 13 heteroatoms. The van der Waals surface area contributed by atoms with E-state index >= 15 is 0 Å². The number of hydrogen-bond donors (Lipinski definition) is 1. The number of hydrogen-bond acceptors (Lipinski definition) is 8. The number of morpholine rings is 1. The molecule has 0 saturated carbocycles. The van der Waals surface area contributed by atoms with Gasteiger partial charge < -0.3 is 24.4 Å². The average molecular weight is 499 g/mol. The molecule has 0 aliphatic carbocycles. The van der Waals surface area contributed by atoms with Crippen LogP contribution in [-0.2, 0) is 24.4 Å². The van der Waals surface area contributed by atoms with Gasteiger partial charge in [0.25, 0.3) is 5.91 Å². The predicted molar refractivity (Wildman–Crippen MR) is 118 cm³/mol. The van der Waals surface area contributed by atoms with Gasteiger partial charge in [0.05, 0.1) is 31.4 Å². The summed E-state index contributed by atoms with van der Waals surface area (Å²) in [7, 11) is -2.32. The number of nitrogens with zero attached hydrogens (tertiary/aromatic N) is 2. The van der Waals surface area contributed by atoms with E-state index in [4.69, 9.17) is 14.3 Å². The molecular formula is C21H23F2N3O7S. The first-order chi connectivity index (χ1) is 16.3. The standard InChI is InChI=1S/C21H23F2N3O7S/c1-30-19-12-15(2-7-18(19)33-21(22)23)13-24-32-14-20(27)25-16-3-5-17(6-4-16)34(28,29)26-8-10-31-11-9-26/h2-7,12-13,21H,8-11,14H2,1H3,(H,25,27)/b24-13+. The van der Waals surface area contributed by atoms with Crippen molar-refractivity contribution < 1.29 is 41.0 Å². The molecule has 1 aliphatic rings. The molecule has 1 amide bonds. The van der Waals surface area contributed by atoms with Crippen molar-refractivity contribution in [3.05, 3.63) is 48.0 Å². The fraction of sp³-hybridized carbons (Fsp3) is 0.333. The average Bonchev–Trinajstić information content (AvgIpc) is 2.83. The Morgan fingerprint density at radius 2 is 1.88 bits per heavy atom. The van der Waals surface area contributed by atoms with E-state index in [-0.39, 0.29) is 16.4 Å². The molecule has 0 bridgehead atoms. The van der Waals surface area contributed by atoms with Crippen LogP contribution < -0.4 is 14.8 Å². The van der Waals surface area contributed by atoms with E-state index in [1.165, 1.54) is 60.1 Å². The van der Waals surface area contributed by atoms with Crippen molar-refractivity contribution in [3.8, 4) is 11.5 Å². The van der Waals surface area contributed by atoms with Crippen LogP contribution in [0.1, 0.15) is 5.56 Å². The maximum Gasteiger partial charge on any atom is 0.387 e. The van der Waals surface area contributed by atoms with Gasteiger partial charge in [-0.05, 0) is 42.5 Å². The number of carbonyl (C=O) groups excluding carboxylic acids is 1. The lowest BCUT2D eigenvalue weighted by atomic mass is 10.2. The summed E-state index contributed by atoms with van der Waals surface area (Å²) in [6, 6.07) is 9.94. The van der Waals surface area contributed by atoms with Gasteiger partial charge in [0, 0.05) is 24.3 Å². The zero-order chi connectivity index (χ0) is 24.6. The summed E-state index contributed by atoms with van der Waals surface area (Å²) >= 11 is 0. The molecule has 1 aliphatic heterocycles. The smallest absolute Gasteiger partial charge is 0.387 e. The molecule has 1 fully saturated rings. The van der Waals surface area contributed by atoms with Crippen LogP contribution in [0.3, 0.4) is 0 Å². The summed E-state index contributed by atoms with van der Waals surface area (Å²) in [6.45, 7) is -2.11. The summed E-state index contributed by atoms with van der Waals surface area (Å²) in [5.74, 6) is -0.556. The van der Waals surface area contributed by atoms with Gasteiger partial charge in [-0.1, -0.05) is 5.16 Å². The first kappa shape index (κ1) is 25.3. The fourth-order valence-electron chi connectivity index (χ4n) is 3.00. The van der Waals surface area contributed by atoms with E-state index in [0.717, 1.165) is 0 Å². The Bertz CT molecular complexity index is 1110. The zero-order valence-electron chi connectivity index (χ0n) is 18.1. The van der Waals surface area contributed by atoms with Crippen LogP contribution in [0, 0.1) is 0 Å². The maximum absolute atomic E-state index is 12.6. The summed E-state index contributed by atoms with van der Waals surface area (Å²) in [4.78, 5) is 17.1.